The van der Waals surface area contributed by atoms with Gasteiger partial charge in [0.25, 0.3) is 11.7 Å². The van der Waals surface area contributed by atoms with Gasteiger partial charge in [0, 0.05) is 24.5 Å². The van der Waals surface area contributed by atoms with Gasteiger partial charge in [-0.25, -0.2) is 0 Å². The Morgan fingerprint density at radius 1 is 0.941 bits per heavy atom. The van der Waals surface area contributed by atoms with E-state index in [1.807, 2.05) is 26.0 Å². The summed E-state index contributed by atoms with van der Waals surface area (Å²) in [6.45, 7) is 4.94. The highest BCUT2D eigenvalue weighted by molar-refractivity contribution is 6.46. The van der Waals surface area contributed by atoms with Gasteiger partial charge in [0.1, 0.15) is 17.3 Å². The van der Waals surface area contributed by atoms with Crippen molar-refractivity contribution in [3.8, 4) is 11.5 Å². The molecule has 2 heterocycles. The number of Topliss-reactive ketones (excluding diaryl/α,β-unsaturated/α-hetero) is 1. The second kappa shape index (κ2) is 10.2. The molecule has 1 fully saturated rings. The van der Waals surface area contributed by atoms with Crippen LogP contribution in [0.2, 0.25) is 0 Å². The fourth-order valence-electron chi connectivity index (χ4n) is 4.04. The summed E-state index contributed by atoms with van der Waals surface area (Å²) in [7, 11) is 0. The maximum atomic E-state index is 13.2. The highest BCUT2D eigenvalue weighted by atomic mass is 16.5. The Balaban J connectivity index is 1.82. The highest BCUT2D eigenvalue weighted by Gasteiger charge is 2.46. The molecule has 0 radical (unpaired) electrons. The number of hydrogen-bond donors (Lipinski definition) is 1. The van der Waals surface area contributed by atoms with E-state index in [4.69, 9.17) is 9.47 Å². The number of aliphatic hydroxyl groups is 1. The molecule has 1 aromatic heterocycles. The maximum Gasteiger partial charge on any atom is 0.295 e. The van der Waals surface area contributed by atoms with E-state index in [0.29, 0.717) is 35.8 Å². The lowest BCUT2D eigenvalue weighted by Gasteiger charge is -2.25. The van der Waals surface area contributed by atoms with Crippen LogP contribution >= 0.6 is 0 Å². The van der Waals surface area contributed by atoms with Gasteiger partial charge in [-0.2, -0.15) is 0 Å². The number of carbonyl (C=O) groups is 2. The van der Waals surface area contributed by atoms with Gasteiger partial charge in [0.2, 0.25) is 0 Å². The van der Waals surface area contributed by atoms with Crippen LogP contribution in [0.5, 0.6) is 11.5 Å². The summed E-state index contributed by atoms with van der Waals surface area (Å²) in [5.41, 5.74) is 1.96. The van der Waals surface area contributed by atoms with E-state index >= 15 is 0 Å². The first-order valence-electron chi connectivity index (χ1n) is 11.2. The molecule has 1 aliphatic rings. The summed E-state index contributed by atoms with van der Waals surface area (Å²) in [6, 6.07) is 16.9. The Hall–Kier alpha value is -4.13. The van der Waals surface area contributed by atoms with Crippen molar-refractivity contribution in [1.82, 2.24) is 9.88 Å². The molecule has 174 valence electrons. The molecule has 7 heteroatoms. The minimum absolute atomic E-state index is 0.0388. The van der Waals surface area contributed by atoms with Gasteiger partial charge in [-0.05, 0) is 61.4 Å². The molecule has 1 unspecified atom stereocenters. The Labute approximate surface area is 198 Å². The van der Waals surface area contributed by atoms with Crippen molar-refractivity contribution in [2.75, 3.05) is 13.2 Å². The zero-order valence-electron chi connectivity index (χ0n) is 19.1. The second-order valence-electron chi connectivity index (χ2n) is 7.75. The molecule has 0 aliphatic carbocycles. The number of nitrogens with zero attached hydrogens (tertiary/aromatic N) is 2. The Morgan fingerprint density at radius 2 is 1.62 bits per heavy atom. The highest BCUT2D eigenvalue weighted by Crippen LogP contribution is 2.41. The first kappa shape index (κ1) is 23.0. The zero-order valence-corrected chi connectivity index (χ0v) is 19.1. The Bertz CT molecular complexity index is 1210. The number of likely N-dealkylation sites (tertiary alicyclic amines) is 1. The van der Waals surface area contributed by atoms with E-state index in [1.165, 1.54) is 4.90 Å². The van der Waals surface area contributed by atoms with Crippen molar-refractivity contribution >= 4 is 17.4 Å². The molecule has 1 saturated heterocycles. The number of amides is 1. The van der Waals surface area contributed by atoms with Gasteiger partial charge in [0.15, 0.2) is 0 Å². The van der Waals surface area contributed by atoms with Gasteiger partial charge in [-0.3, -0.25) is 14.6 Å². The van der Waals surface area contributed by atoms with Crippen molar-refractivity contribution < 1.29 is 24.2 Å². The molecule has 0 saturated carbocycles. The predicted molar refractivity (Wildman–Crippen MR) is 127 cm³/mol. The molecular formula is C27H26N2O5. The molecule has 1 aliphatic heterocycles. The normalized spacial score (nSPS) is 17.1. The quantitative estimate of drug-likeness (QED) is 0.304. The molecular weight excluding hydrogens is 432 g/mol. The van der Waals surface area contributed by atoms with Crippen LogP contribution in [0.15, 0.2) is 78.6 Å². The van der Waals surface area contributed by atoms with Crippen molar-refractivity contribution in [3.63, 3.8) is 0 Å². The lowest BCUT2D eigenvalue weighted by Crippen LogP contribution is -2.29. The van der Waals surface area contributed by atoms with Crippen molar-refractivity contribution in [1.29, 1.82) is 0 Å². The van der Waals surface area contributed by atoms with Crippen LogP contribution in [0, 0.1) is 0 Å². The molecule has 1 amide bonds. The molecule has 0 bridgehead atoms. The number of aromatic nitrogens is 1. The van der Waals surface area contributed by atoms with Gasteiger partial charge in [0.05, 0.1) is 24.8 Å². The lowest BCUT2D eigenvalue weighted by molar-refractivity contribution is -0.140. The summed E-state index contributed by atoms with van der Waals surface area (Å²) in [5, 5.41) is 11.2. The van der Waals surface area contributed by atoms with Gasteiger partial charge < -0.3 is 19.5 Å². The number of carbonyl (C=O) groups excluding carboxylic acids is 2. The molecule has 34 heavy (non-hydrogen) atoms. The van der Waals surface area contributed by atoms with E-state index in [1.54, 1.807) is 60.9 Å². The SMILES string of the molecule is CCOc1ccc(C2C(=C(O)c3cccc(OCC)c3)C(=O)C(=O)N2Cc2ccncc2)cc1. The van der Waals surface area contributed by atoms with Gasteiger partial charge in [-0.15, -0.1) is 0 Å². The first-order valence-corrected chi connectivity index (χ1v) is 11.2. The Morgan fingerprint density at radius 3 is 2.29 bits per heavy atom. The number of ketones is 1. The van der Waals surface area contributed by atoms with Crippen LogP contribution in [-0.4, -0.2) is 39.9 Å². The molecule has 1 N–H and O–H groups in total. The van der Waals surface area contributed by atoms with Gasteiger partial charge in [-0.1, -0.05) is 24.3 Å². The summed E-state index contributed by atoms with van der Waals surface area (Å²) in [6.07, 6.45) is 3.27. The second-order valence-corrected chi connectivity index (χ2v) is 7.75. The third-order valence-corrected chi connectivity index (χ3v) is 5.57. The van der Waals surface area contributed by atoms with Crippen molar-refractivity contribution in [2.24, 2.45) is 0 Å². The van der Waals surface area contributed by atoms with Crippen LogP contribution in [-0.2, 0) is 16.1 Å². The fraction of sp³-hybridized carbons (Fsp3) is 0.222. The predicted octanol–water partition coefficient (Wildman–Crippen LogP) is 4.50. The first-order chi connectivity index (χ1) is 16.5. The number of rotatable bonds is 8. The minimum atomic E-state index is -0.764. The lowest BCUT2D eigenvalue weighted by atomic mass is 9.95. The third-order valence-electron chi connectivity index (χ3n) is 5.57. The summed E-state index contributed by atoms with van der Waals surface area (Å²) < 4.78 is 11.1. The van der Waals surface area contributed by atoms with E-state index in [-0.39, 0.29) is 17.9 Å². The van der Waals surface area contributed by atoms with E-state index in [0.717, 1.165) is 5.56 Å². The topological polar surface area (TPSA) is 89.0 Å². The molecule has 1 atom stereocenters. The van der Waals surface area contributed by atoms with E-state index in [2.05, 4.69) is 4.98 Å². The molecule has 7 nitrogen and oxygen atoms in total. The minimum Gasteiger partial charge on any atom is -0.507 e. The molecule has 0 spiro atoms. The largest absolute Gasteiger partial charge is 0.507 e. The van der Waals surface area contributed by atoms with Crippen molar-refractivity contribution in [3.05, 3.63) is 95.3 Å². The van der Waals surface area contributed by atoms with E-state index in [9.17, 15) is 14.7 Å². The summed E-state index contributed by atoms with van der Waals surface area (Å²) >= 11 is 0. The third kappa shape index (κ3) is 4.64. The van der Waals surface area contributed by atoms with Crippen LogP contribution in [0.25, 0.3) is 5.76 Å². The Kier molecular flexibility index (Phi) is 6.92. The van der Waals surface area contributed by atoms with Crippen LogP contribution in [0.3, 0.4) is 0 Å². The number of aliphatic hydroxyl groups excluding tert-OH is 1. The smallest absolute Gasteiger partial charge is 0.295 e. The average Bonchev–Trinajstić information content (AvgIpc) is 3.10. The monoisotopic (exact) mass is 458 g/mol. The van der Waals surface area contributed by atoms with Crippen molar-refractivity contribution in [2.45, 2.75) is 26.4 Å². The summed E-state index contributed by atoms with van der Waals surface area (Å²) in [5.74, 6) is -0.390. The molecule has 3 aromatic rings. The van der Waals surface area contributed by atoms with Crippen LogP contribution < -0.4 is 9.47 Å². The zero-order chi connectivity index (χ0) is 24.1. The average molecular weight is 459 g/mol. The maximum absolute atomic E-state index is 13.2. The molecule has 4 rings (SSSR count). The summed E-state index contributed by atoms with van der Waals surface area (Å²) in [4.78, 5) is 31.8. The van der Waals surface area contributed by atoms with Gasteiger partial charge >= 0.3 is 0 Å². The number of ether oxygens (including phenoxy) is 2. The number of hydrogen-bond acceptors (Lipinski definition) is 6. The number of pyridine rings is 1. The molecule has 2 aromatic carbocycles. The standard InChI is InChI=1S/C27H26N2O5/c1-3-33-21-10-8-19(9-11-21)24-23(25(30)20-6-5-7-22(16-20)34-4-2)26(31)27(32)29(24)17-18-12-14-28-15-13-18/h5-16,24,30H,3-4,17H2,1-2H3. The van der Waals surface area contributed by atoms with Crippen LogP contribution in [0.4, 0.5) is 0 Å². The van der Waals surface area contributed by atoms with E-state index < -0.39 is 17.7 Å². The fourth-order valence-corrected chi connectivity index (χ4v) is 4.04. The number of benzene rings is 2. The van der Waals surface area contributed by atoms with Crippen LogP contribution in [0.1, 0.15) is 36.6 Å².